The average Bonchev–Trinajstić information content (AvgIpc) is 2.29. The number of fused-ring (bicyclic) bond motifs is 1. The van der Waals surface area contributed by atoms with E-state index in [0.717, 1.165) is 18.5 Å². The van der Waals surface area contributed by atoms with Crippen LogP contribution in [0.2, 0.25) is 0 Å². The molecular formula is C13H16N2. The number of pyridine rings is 1. The zero-order chi connectivity index (χ0) is 10.7. The van der Waals surface area contributed by atoms with E-state index in [1.165, 1.54) is 10.8 Å². The van der Waals surface area contributed by atoms with Gasteiger partial charge in [0, 0.05) is 29.7 Å². The average molecular weight is 200 g/mol. The molecule has 15 heavy (non-hydrogen) atoms. The third-order valence-electron chi connectivity index (χ3n) is 2.74. The van der Waals surface area contributed by atoms with Gasteiger partial charge in [-0.15, -0.1) is 0 Å². The summed E-state index contributed by atoms with van der Waals surface area (Å²) in [5.41, 5.74) is 7.07. The minimum atomic E-state index is 0.211. The van der Waals surface area contributed by atoms with E-state index in [1.807, 2.05) is 24.4 Å². The van der Waals surface area contributed by atoms with Crippen molar-refractivity contribution in [1.82, 2.24) is 4.98 Å². The fraction of sp³-hybridized carbons (Fsp3) is 0.308. The van der Waals surface area contributed by atoms with Gasteiger partial charge < -0.3 is 5.73 Å². The van der Waals surface area contributed by atoms with Gasteiger partial charge in [-0.1, -0.05) is 31.2 Å². The number of nitrogens with two attached hydrogens (primary N) is 1. The third-order valence-corrected chi connectivity index (χ3v) is 2.74. The van der Waals surface area contributed by atoms with Crippen LogP contribution in [0.4, 0.5) is 0 Å². The van der Waals surface area contributed by atoms with E-state index in [0.29, 0.717) is 0 Å². The predicted octanol–water partition coefficient (Wildman–Crippen LogP) is 2.51. The topological polar surface area (TPSA) is 38.9 Å². The van der Waals surface area contributed by atoms with Crippen molar-refractivity contribution < 1.29 is 0 Å². The lowest BCUT2D eigenvalue weighted by Crippen LogP contribution is -2.22. The van der Waals surface area contributed by atoms with Crippen molar-refractivity contribution in [3.63, 3.8) is 0 Å². The second kappa shape index (κ2) is 4.41. The summed E-state index contributed by atoms with van der Waals surface area (Å²) in [7, 11) is 0. The van der Waals surface area contributed by atoms with E-state index in [2.05, 4.69) is 24.0 Å². The lowest BCUT2D eigenvalue weighted by atomic mass is 10.0. The molecule has 2 heteroatoms. The van der Waals surface area contributed by atoms with Crippen LogP contribution in [0.25, 0.3) is 10.8 Å². The Morgan fingerprint density at radius 2 is 2.07 bits per heavy atom. The van der Waals surface area contributed by atoms with Crippen LogP contribution >= 0.6 is 0 Å². The van der Waals surface area contributed by atoms with Gasteiger partial charge in [0.2, 0.25) is 0 Å². The summed E-state index contributed by atoms with van der Waals surface area (Å²) in [5.74, 6) is 0. The molecule has 2 aromatic rings. The molecule has 0 saturated heterocycles. The maximum Gasteiger partial charge on any atom is 0.0497 e. The molecule has 1 aromatic heterocycles. The Kier molecular flexibility index (Phi) is 2.97. The lowest BCUT2D eigenvalue weighted by molar-refractivity contribution is 0.640. The highest BCUT2D eigenvalue weighted by molar-refractivity contribution is 5.84. The molecule has 1 aromatic carbocycles. The van der Waals surface area contributed by atoms with Gasteiger partial charge in [0.05, 0.1) is 0 Å². The molecule has 0 bridgehead atoms. The molecule has 78 valence electrons. The summed E-state index contributed by atoms with van der Waals surface area (Å²) in [5, 5.41) is 2.47. The molecular weight excluding hydrogens is 184 g/mol. The highest BCUT2D eigenvalue weighted by atomic mass is 14.7. The number of hydrogen-bond acceptors (Lipinski definition) is 2. The van der Waals surface area contributed by atoms with Crippen molar-refractivity contribution in [2.45, 2.75) is 25.8 Å². The Bertz CT molecular complexity index is 446. The molecule has 0 amide bonds. The van der Waals surface area contributed by atoms with Gasteiger partial charge in [0.1, 0.15) is 0 Å². The zero-order valence-corrected chi connectivity index (χ0v) is 8.98. The van der Waals surface area contributed by atoms with Crippen LogP contribution in [-0.2, 0) is 6.42 Å². The normalized spacial score (nSPS) is 12.9. The molecule has 2 N–H and O–H groups in total. The van der Waals surface area contributed by atoms with E-state index in [1.54, 1.807) is 0 Å². The minimum Gasteiger partial charge on any atom is -0.327 e. The number of aromatic nitrogens is 1. The third kappa shape index (κ3) is 2.16. The summed E-state index contributed by atoms with van der Waals surface area (Å²) in [4.78, 5) is 4.41. The van der Waals surface area contributed by atoms with Crippen LogP contribution in [0.15, 0.2) is 36.5 Å². The minimum absolute atomic E-state index is 0.211. The maximum atomic E-state index is 5.96. The molecule has 1 atom stereocenters. The Morgan fingerprint density at radius 1 is 1.27 bits per heavy atom. The molecule has 2 nitrogen and oxygen atoms in total. The van der Waals surface area contributed by atoms with E-state index >= 15 is 0 Å². The largest absolute Gasteiger partial charge is 0.327 e. The first kappa shape index (κ1) is 10.1. The molecule has 0 aliphatic rings. The molecule has 0 aliphatic carbocycles. The van der Waals surface area contributed by atoms with Crippen LogP contribution in [0.5, 0.6) is 0 Å². The maximum absolute atomic E-state index is 5.96. The fourth-order valence-corrected chi connectivity index (χ4v) is 1.74. The van der Waals surface area contributed by atoms with E-state index < -0.39 is 0 Å². The Labute approximate surface area is 90.1 Å². The highest BCUT2D eigenvalue weighted by Crippen LogP contribution is 2.17. The van der Waals surface area contributed by atoms with Crippen LogP contribution in [0.3, 0.4) is 0 Å². The Balaban J connectivity index is 2.42. The van der Waals surface area contributed by atoms with Crippen molar-refractivity contribution in [2.75, 3.05) is 0 Å². The van der Waals surface area contributed by atoms with Gasteiger partial charge >= 0.3 is 0 Å². The molecule has 0 fully saturated rings. The lowest BCUT2D eigenvalue weighted by Gasteiger charge is -2.10. The molecule has 0 radical (unpaired) electrons. The van der Waals surface area contributed by atoms with E-state index in [9.17, 15) is 0 Å². The Morgan fingerprint density at radius 3 is 2.87 bits per heavy atom. The summed E-state index contributed by atoms with van der Waals surface area (Å²) >= 11 is 0. The molecule has 1 heterocycles. The second-order valence-electron chi connectivity index (χ2n) is 3.85. The second-order valence-corrected chi connectivity index (χ2v) is 3.85. The van der Waals surface area contributed by atoms with Crippen LogP contribution in [0, 0.1) is 0 Å². The Hall–Kier alpha value is -1.41. The summed E-state index contributed by atoms with van der Waals surface area (Å²) < 4.78 is 0. The van der Waals surface area contributed by atoms with Crippen molar-refractivity contribution >= 4 is 10.8 Å². The van der Waals surface area contributed by atoms with Gasteiger partial charge in [0.15, 0.2) is 0 Å². The van der Waals surface area contributed by atoms with Crippen molar-refractivity contribution in [3.05, 3.63) is 42.2 Å². The van der Waals surface area contributed by atoms with Crippen LogP contribution in [-0.4, -0.2) is 11.0 Å². The van der Waals surface area contributed by atoms with Crippen molar-refractivity contribution in [2.24, 2.45) is 5.73 Å². The van der Waals surface area contributed by atoms with Crippen molar-refractivity contribution in [1.29, 1.82) is 0 Å². The number of hydrogen-bond donors (Lipinski definition) is 1. The zero-order valence-electron chi connectivity index (χ0n) is 8.98. The van der Waals surface area contributed by atoms with Gasteiger partial charge in [-0.25, -0.2) is 0 Å². The van der Waals surface area contributed by atoms with Crippen molar-refractivity contribution in [3.8, 4) is 0 Å². The first-order valence-corrected chi connectivity index (χ1v) is 5.39. The summed E-state index contributed by atoms with van der Waals surface area (Å²) in [6.45, 7) is 2.11. The molecule has 0 aliphatic heterocycles. The molecule has 2 rings (SSSR count). The van der Waals surface area contributed by atoms with Crippen LogP contribution < -0.4 is 5.73 Å². The number of benzene rings is 1. The van der Waals surface area contributed by atoms with E-state index in [4.69, 9.17) is 5.73 Å². The molecule has 0 spiro atoms. The standard InChI is InChI=1S/C13H16N2/c1-2-11(14)9-13-12-6-4-3-5-10(12)7-8-15-13/h3-8,11H,2,9,14H2,1H3. The molecule has 1 unspecified atom stereocenters. The quantitative estimate of drug-likeness (QED) is 0.826. The molecule has 0 saturated carbocycles. The first-order chi connectivity index (χ1) is 7.31. The van der Waals surface area contributed by atoms with E-state index in [-0.39, 0.29) is 6.04 Å². The number of rotatable bonds is 3. The fourth-order valence-electron chi connectivity index (χ4n) is 1.74. The highest BCUT2D eigenvalue weighted by Gasteiger charge is 2.05. The summed E-state index contributed by atoms with van der Waals surface area (Å²) in [6.07, 6.45) is 3.71. The SMILES string of the molecule is CCC(N)Cc1nccc2ccccc12. The summed E-state index contributed by atoms with van der Waals surface area (Å²) in [6, 6.07) is 10.6. The first-order valence-electron chi connectivity index (χ1n) is 5.39. The smallest absolute Gasteiger partial charge is 0.0497 e. The van der Waals surface area contributed by atoms with Gasteiger partial charge in [0.25, 0.3) is 0 Å². The van der Waals surface area contributed by atoms with Gasteiger partial charge in [-0.3, -0.25) is 4.98 Å². The van der Waals surface area contributed by atoms with Crippen LogP contribution in [0.1, 0.15) is 19.0 Å². The van der Waals surface area contributed by atoms with Gasteiger partial charge in [-0.05, 0) is 17.9 Å². The number of nitrogens with zero attached hydrogens (tertiary/aromatic N) is 1. The predicted molar refractivity (Wildman–Crippen MR) is 63.7 cm³/mol. The monoisotopic (exact) mass is 200 g/mol. The van der Waals surface area contributed by atoms with Gasteiger partial charge in [-0.2, -0.15) is 0 Å².